The second kappa shape index (κ2) is 10.0. The van der Waals surface area contributed by atoms with E-state index in [2.05, 4.69) is 17.0 Å². The number of hydrogen-bond donors (Lipinski definition) is 2. The first-order chi connectivity index (χ1) is 8.44. The highest BCUT2D eigenvalue weighted by molar-refractivity contribution is 7.99. The van der Waals surface area contributed by atoms with Crippen molar-refractivity contribution in [3.8, 4) is 0 Å². The summed E-state index contributed by atoms with van der Waals surface area (Å²) in [5, 5.41) is 3.55. The Morgan fingerprint density at radius 1 is 1.33 bits per heavy atom. The summed E-state index contributed by atoms with van der Waals surface area (Å²) in [6.45, 7) is 6.97. The van der Waals surface area contributed by atoms with E-state index >= 15 is 0 Å². The van der Waals surface area contributed by atoms with Gasteiger partial charge in [0.25, 0.3) is 10.2 Å². The largest absolute Gasteiger partial charge is 0.317 e. The summed E-state index contributed by atoms with van der Waals surface area (Å²) in [6.07, 6.45) is 3.90. The minimum Gasteiger partial charge on any atom is -0.317 e. The van der Waals surface area contributed by atoms with Crippen molar-refractivity contribution in [3.05, 3.63) is 0 Å². The van der Waals surface area contributed by atoms with Gasteiger partial charge in [-0.1, -0.05) is 13.8 Å². The Kier molecular flexibility index (Phi) is 10.1. The molecular weight excluding hydrogens is 270 g/mol. The molecule has 7 heteroatoms. The molecule has 0 heterocycles. The first kappa shape index (κ1) is 18.2. The molecule has 0 aromatic heterocycles. The molecule has 0 radical (unpaired) electrons. The van der Waals surface area contributed by atoms with Crippen LogP contribution in [0.4, 0.5) is 0 Å². The highest BCUT2D eigenvalue weighted by Crippen LogP contribution is 2.04. The van der Waals surface area contributed by atoms with Crippen LogP contribution in [-0.4, -0.2) is 57.5 Å². The van der Waals surface area contributed by atoms with Crippen molar-refractivity contribution in [2.45, 2.75) is 31.9 Å². The molecule has 1 atom stereocenters. The fourth-order valence-electron chi connectivity index (χ4n) is 1.26. The average molecular weight is 297 g/mol. The first-order valence-electron chi connectivity index (χ1n) is 6.38. The summed E-state index contributed by atoms with van der Waals surface area (Å²) in [5.41, 5.74) is 0. The Hall–Kier alpha value is 0.180. The summed E-state index contributed by atoms with van der Waals surface area (Å²) < 4.78 is 27.7. The second-order valence-electron chi connectivity index (χ2n) is 4.32. The minimum absolute atomic E-state index is 0.291. The smallest absolute Gasteiger partial charge is 0.279 e. The lowest BCUT2D eigenvalue weighted by molar-refractivity contribution is 0.445. The van der Waals surface area contributed by atoms with Gasteiger partial charge >= 0.3 is 0 Å². The van der Waals surface area contributed by atoms with Crippen molar-refractivity contribution in [2.24, 2.45) is 0 Å². The van der Waals surface area contributed by atoms with Crippen molar-refractivity contribution in [1.29, 1.82) is 0 Å². The fraction of sp³-hybridized carbons (Fsp3) is 1.00. The molecule has 0 aliphatic heterocycles. The quantitative estimate of drug-likeness (QED) is 0.556. The molecule has 0 aromatic carbocycles. The van der Waals surface area contributed by atoms with Gasteiger partial charge in [0.1, 0.15) is 0 Å². The van der Waals surface area contributed by atoms with Gasteiger partial charge in [-0.3, -0.25) is 0 Å². The van der Waals surface area contributed by atoms with Crippen LogP contribution in [0.2, 0.25) is 0 Å². The van der Waals surface area contributed by atoms with Crippen molar-refractivity contribution in [2.75, 3.05) is 39.5 Å². The number of rotatable bonds is 11. The molecule has 0 aliphatic rings. The Labute approximate surface area is 116 Å². The zero-order chi connectivity index (χ0) is 14.0. The van der Waals surface area contributed by atoms with Crippen LogP contribution in [0.25, 0.3) is 0 Å². The predicted octanol–water partition coefficient (Wildman–Crippen LogP) is 0.894. The zero-order valence-electron chi connectivity index (χ0n) is 11.9. The van der Waals surface area contributed by atoms with Crippen LogP contribution in [0.5, 0.6) is 0 Å². The molecule has 0 saturated heterocycles. The van der Waals surface area contributed by atoms with Gasteiger partial charge in [-0.05, 0) is 32.2 Å². The molecule has 110 valence electrons. The van der Waals surface area contributed by atoms with Crippen molar-refractivity contribution in [1.82, 2.24) is 14.3 Å². The molecule has 0 rings (SSSR count). The first-order valence-corrected chi connectivity index (χ1v) is 9.11. The van der Waals surface area contributed by atoms with E-state index in [4.69, 9.17) is 0 Å². The summed E-state index contributed by atoms with van der Waals surface area (Å²) in [4.78, 5) is 0. The van der Waals surface area contributed by atoms with E-state index in [0.717, 1.165) is 25.9 Å². The van der Waals surface area contributed by atoms with Gasteiger partial charge < -0.3 is 5.32 Å². The molecule has 0 spiro atoms. The Morgan fingerprint density at radius 2 is 2.00 bits per heavy atom. The summed E-state index contributed by atoms with van der Waals surface area (Å²) >= 11 is 1.65. The standard InChI is InChI=1S/C11H27N3O2S2/c1-5-7-12-8-6-9-14(3)18(15,16)13-10-11(2)17-4/h11-13H,5-10H2,1-4H3. The molecule has 0 bridgehead atoms. The number of nitrogens with one attached hydrogen (secondary N) is 2. The number of hydrogen-bond acceptors (Lipinski definition) is 4. The summed E-state index contributed by atoms with van der Waals surface area (Å²) in [6, 6.07) is 0. The van der Waals surface area contributed by atoms with Crippen molar-refractivity contribution < 1.29 is 8.42 Å². The number of nitrogens with zero attached hydrogens (tertiary/aromatic N) is 1. The second-order valence-corrected chi connectivity index (χ2v) is 7.46. The van der Waals surface area contributed by atoms with E-state index in [0.29, 0.717) is 18.3 Å². The van der Waals surface area contributed by atoms with Crippen LogP contribution in [0, 0.1) is 0 Å². The SMILES string of the molecule is CCCNCCCN(C)S(=O)(=O)NCC(C)SC. The maximum atomic E-state index is 11.9. The minimum atomic E-state index is -3.32. The maximum absolute atomic E-state index is 11.9. The van der Waals surface area contributed by atoms with Gasteiger partial charge in [0.2, 0.25) is 0 Å². The molecule has 1 unspecified atom stereocenters. The van der Waals surface area contributed by atoms with Crippen molar-refractivity contribution in [3.63, 3.8) is 0 Å². The Balaban J connectivity index is 3.88. The topological polar surface area (TPSA) is 61.4 Å². The third-order valence-electron chi connectivity index (χ3n) is 2.62. The normalized spacial score (nSPS) is 14.1. The molecular formula is C11H27N3O2S2. The number of thioether (sulfide) groups is 1. The lowest BCUT2D eigenvalue weighted by Gasteiger charge is -2.19. The lowest BCUT2D eigenvalue weighted by Crippen LogP contribution is -2.41. The average Bonchev–Trinajstić information content (AvgIpc) is 2.35. The van der Waals surface area contributed by atoms with E-state index < -0.39 is 10.2 Å². The van der Waals surface area contributed by atoms with Crippen molar-refractivity contribution >= 4 is 22.0 Å². The van der Waals surface area contributed by atoms with Gasteiger partial charge in [-0.15, -0.1) is 0 Å². The van der Waals surface area contributed by atoms with Crippen LogP contribution in [-0.2, 0) is 10.2 Å². The molecule has 0 saturated carbocycles. The van der Waals surface area contributed by atoms with Crippen LogP contribution in [0.15, 0.2) is 0 Å². The third kappa shape index (κ3) is 8.31. The summed E-state index contributed by atoms with van der Waals surface area (Å²) in [5.74, 6) is 0. The fourth-order valence-corrected chi connectivity index (χ4v) is 2.67. The van der Waals surface area contributed by atoms with Crippen LogP contribution >= 0.6 is 11.8 Å². The predicted molar refractivity (Wildman–Crippen MR) is 80.3 cm³/mol. The monoisotopic (exact) mass is 297 g/mol. The molecule has 18 heavy (non-hydrogen) atoms. The highest BCUT2D eigenvalue weighted by atomic mass is 32.2. The van der Waals surface area contributed by atoms with Gasteiger partial charge in [0.05, 0.1) is 0 Å². The van der Waals surface area contributed by atoms with Gasteiger partial charge in [-0.2, -0.15) is 24.5 Å². The van der Waals surface area contributed by atoms with Crippen LogP contribution < -0.4 is 10.0 Å². The molecule has 0 aromatic rings. The molecule has 2 N–H and O–H groups in total. The molecule has 5 nitrogen and oxygen atoms in total. The van der Waals surface area contributed by atoms with E-state index in [-0.39, 0.29) is 0 Å². The van der Waals surface area contributed by atoms with E-state index in [1.807, 2.05) is 13.2 Å². The van der Waals surface area contributed by atoms with Gasteiger partial charge in [-0.25, -0.2) is 4.72 Å². The summed E-state index contributed by atoms with van der Waals surface area (Å²) in [7, 11) is -1.70. The zero-order valence-corrected chi connectivity index (χ0v) is 13.5. The third-order valence-corrected chi connectivity index (χ3v) is 5.13. The van der Waals surface area contributed by atoms with Crippen LogP contribution in [0.1, 0.15) is 26.7 Å². The van der Waals surface area contributed by atoms with Gasteiger partial charge in [0, 0.05) is 25.4 Å². The maximum Gasteiger partial charge on any atom is 0.279 e. The lowest BCUT2D eigenvalue weighted by atomic mass is 10.4. The van der Waals surface area contributed by atoms with E-state index in [9.17, 15) is 8.42 Å². The molecule has 0 aliphatic carbocycles. The Morgan fingerprint density at radius 3 is 2.56 bits per heavy atom. The van der Waals surface area contributed by atoms with E-state index in [1.165, 1.54) is 4.31 Å². The molecule has 0 fully saturated rings. The van der Waals surface area contributed by atoms with E-state index in [1.54, 1.807) is 18.8 Å². The molecule has 0 amide bonds. The Bertz CT molecular complexity index is 297. The van der Waals surface area contributed by atoms with Gasteiger partial charge in [0.15, 0.2) is 0 Å². The van der Waals surface area contributed by atoms with Crippen LogP contribution in [0.3, 0.4) is 0 Å². The highest BCUT2D eigenvalue weighted by Gasteiger charge is 2.17.